The Morgan fingerprint density at radius 3 is 2.61 bits per heavy atom. The first-order chi connectivity index (χ1) is 10.5. The molecule has 23 heavy (non-hydrogen) atoms. The molecule has 1 aromatic carbocycles. The quantitative estimate of drug-likeness (QED) is 0.827. The van der Waals surface area contributed by atoms with Crippen molar-refractivity contribution in [3.63, 3.8) is 0 Å². The van der Waals surface area contributed by atoms with Gasteiger partial charge in [0.25, 0.3) is 0 Å². The van der Waals surface area contributed by atoms with Crippen molar-refractivity contribution in [2.75, 3.05) is 13.7 Å². The number of aromatic nitrogens is 2. The summed E-state index contributed by atoms with van der Waals surface area (Å²) in [5.41, 5.74) is 0.812. The van der Waals surface area contributed by atoms with Gasteiger partial charge < -0.3 is 14.4 Å². The molecule has 0 fully saturated rings. The summed E-state index contributed by atoms with van der Waals surface area (Å²) in [5, 5.41) is 12.9. The largest absolute Gasteiger partial charge is 0.494 e. The van der Waals surface area contributed by atoms with E-state index in [1.165, 1.54) is 0 Å². The van der Waals surface area contributed by atoms with Crippen LogP contribution in [0, 0.1) is 0 Å². The van der Waals surface area contributed by atoms with Gasteiger partial charge in [0.2, 0.25) is 11.7 Å². The SMILES string of the molecule is CCOc1ccc(-c2noc(CN(C)C(C)C(=O)O)n2)cc1.Cl. The first-order valence-corrected chi connectivity index (χ1v) is 7.00. The molecule has 126 valence electrons. The standard InChI is InChI=1S/C15H19N3O4.ClH/c1-4-21-12-7-5-11(6-8-12)14-16-13(22-17-14)9-18(3)10(2)15(19)20;/h5-8,10H,4,9H2,1-3H3,(H,19,20);1H. The summed E-state index contributed by atoms with van der Waals surface area (Å²) >= 11 is 0. The highest BCUT2D eigenvalue weighted by atomic mass is 35.5. The van der Waals surface area contributed by atoms with Gasteiger partial charge in [-0.3, -0.25) is 9.69 Å². The molecule has 2 rings (SSSR count). The predicted molar refractivity (Wildman–Crippen MR) is 86.7 cm³/mol. The van der Waals surface area contributed by atoms with E-state index < -0.39 is 12.0 Å². The van der Waals surface area contributed by atoms with Crippen molar-refractivity contribution >= 4 is 18.4 Å². The Bertz CT molecular complexity index is 630. The van der Waals surface area contributed by atoms with Gasteiger partial charge in [-0.15, -0.1) is 12.4 Å². The third-order valence-electron chi connectivity index (χ3n) is 3.29. The van der Waals surface area contributed by atoms with E-state index in [1.54, 1.807) is 18.9 Å². The van der Waals surface area contributed by atoms with Crippen molar-refractivity contribution in [2.45, 2.75) is 26.4 Å². The van der Waals surface area contributed by atoms with Gasteiger partial charge in [-0.05, 0) is 45.2 Å². The number of carboxylic acids is 1. The molecular weight excluding hydrogens is 322 g/mol. The monoisotopic (exact) mass is 341 g/mol. The Morgan fingerprint density at radius 1 is 1.39 bits per heavy atom. The molecule has 0 saturated carbocycles. The molecule has 2 aromatic rings. The van der Waals surface area contributed by atoms with Gasteiger partial charge in [0.15, 0.2) is 0 Å². The van der Waals surface area contributed by atoms with Crippen LogP contribution in [0.3, 0.4) is 0 Å². The molecule has 0 saturated heterocycles. The van der Waals surface area contributed by atoms with Crippen LogP contribution in [0.5, 0.6) is 5.75 Å². The molecule has 0 bridgehead atoms. The fourth-order valence-electron chi connectivity index (χ4n) is 1.84. The second kappa shape index (κ2) is 8.50. The molecule has 1 aromatic heterocycles. The topological polar surface area (TPSA) is 88.7 Å². The summed E-state index contributed by atoms with van der Waals surface area (Å²) in [5.74, 6) is 0.729. The number of hydrogen-bond donors (Lipinski definition) is 1. The summed E-state index contributed by atoms with van der Waals surface area (Å²) in [4.78, 5) is 16.8. The zero-order valence-corrected chi connectivity index (χ0v) is 14.0. The number of carboxylic acid groups (broad SMARTS) is 1. The number of carbonyl (C=O) groups is 1. The van der Waals surface area contributed by atoms with E-state index in [0.29, 0.717) is 18.3 Å². The molecule has 8 heteroatoms. The van der Waals surface area contributed by atoms with E-state index in [2.05, 4.69) is 10.1 Å². The lowest BCUT2D eigenvalue weighted by Crippen LogP contribution is -2.35. The summed E-state index contributed by atoms with van der Waals surface area (Å²) in [6.45, 7) is 4.41. The van der Waals surface area contributed by atoms with Crippen LogP contribution in [-0.4, -0.2) is 45.8 Å². The van der Waals surface area contributed by atoms with Gasteiger partial charge in [0, 0.05) is 5.56 Å². The molecule has 0 aliphatic heterocycles. The van der Waals surface area contributed by atoms with E-state index in [0.717, 1.165) is 11.3 Å². The molecule has 7 nitrogen and oxygen atoms in total. The molecule has 1 heterocycles. The lowest BCUT2D eigenvalue weighted by molar-refractivity contribution is -0.142. The molecule has 1 unspecified atom stereocenters. The number of benzene rings is 1. The smallest absolute Gasteiger partial charge is 0.320 e. The van der Waals surface area contributed by atoms with Crippen molar-refractivity contribution in [1.82, 2.24) is 15.0 Å². The minimum Gasteiger partial charge on any atom is -0.494 e. The first kappa shape index (κ1) is 18.9. The average Bonchev–Trinajstić information content (AvgIpc) is 2.96. The van der Waals surface area contributed by atoms with Crippen LogP contribution >= 0.6 is 12.4 Å². The zero-order chi connectivity index (χ0) is 16.1. The van der Waals surface area contributed by atoms with Crippen molar-refractivity contribution in [1.29, 1.82) is 0 Å². The summed E-state index contributed by atoms with van der Waals surface area (Å²) in [6.07, 6.45) is 0. The van der Waals surface area contributed by atoms with E-state index in [-0.39, 0.29) is 19.0 Å². The summed E-state index contributed by atoms with van der Waals surface area (Å²) in [6, 6.07) is 6.76. The van der Waals surface area contributed by atoms with Crippen molar-refractivity contribution in [2.24, 2.45) is 0 Å². The van der Waals surface area contributed by atoms with Gasteiger partial charge in [-0.2, -0.15) is 4.98 Å². The van der Waals surface area contributed by atoms with Crippen LogP contribution in [0.15, 0.2) is 28.8 Å². The number of nitrogens with zero attached hydrogens (tertiary/aromatic N) is 3. The Labute approximate surface area is 140 Å². The molecular formula is C15H20ClN3O4. The van der Waals surface area contributed by atoms with E-state index in [9.17, 15) is 4.79 Å². The highest BCUT2D eigenvalue weighted by Gasteiger charge is 2.19. The van der Waals surface area contributed by atoms with Crippen LogP contribution in [0.25, 0.3) is 11.4 Å². The number of ether oxygens (including phenoxy) is 1. The van der Waals surface area contributed by atoms with Crippen LogP contribution in [0.4, 0.5) is 0 Å². The second-order valence-electron chi connectivity index (χ2n) is 4.90. The predicted octanol–water partition coefficient (Wildman–Crippen LogP) is 2.46. The maximum atomic E-state index is 10.9. The van der Waals surface area contributed by atoms with Gasteiger partial charge in [0.1, 0.15) is 11.8 Å². The summed E-state index contributed by atoms with van der Waals surface area (Å²) < 4.78 is 10.5. The van der Waals surface area contributed by atoms with Crippen LogP contribution < -0.4 is 4.74 Å². The lowest BCUT2D eigenvalue weighted by Gasteiger charge is -2.18. The Morgan fingerprint density at radius 2 is 2.04 bits per heavy atom. The molecule has 0 spiro atoms. The third-order valence-corrected chi connectivity index (χ3v) is 3.29. The highest BCUT2D eigenvalue weighted by molar-refractivity contribution is 5.85. The average molecular weight is 342 g/mol. The minimum atomic E-state index is -0.895. The van der Waals surface area contributed by atoms with Gasteiger partial charge in [-0.25, -0.2) is 0 Å². The van der Waals surface area contributed by atoms with Gasteiger partial charge in [0.05, 0.1) is 13.2 Å². The molecule has 0 aliphatic carbocycles. The summed E-state index contributed by atoms with van der Waals surface area (Å²) in [7, 11) is 1.69. The number of hydrogen-bond acceptors (Lipinski definition) is 6. The van der Waals surface area contributed by atoms with E-state index in [1.807, 2.05) is 31.2 Å². The Balaban J connectivity index is 0.00000264. The van der Waals surface area contributed by atoms with E-state index in [4.69, 9.17) is 14.4 Å². The van der Waals surface area contributed by atoms with Gasteiger partial charge in [-0.1, -0.05) is 5.16 Å². The Hall–Kier alpha value is -2.12. The van der Waals surface area contributed by atoms with Crippen LogP contribution in [-0.2, 0) is 11.3 Å². The number of halogens is 1. The molecule has 1 N–H and O–H groups in total. The Kier molecular flexibility index (Phi) is 6.99. The molecule has 1 atom stereocenters. The normalized spacial score (nSPS) is 11.8. The highest BCUT2D eigenvalue weighted by Crippen LogP contribution is 2.20. The van der Waals surface area contributed by atoms with Crippen LogP contribution in [0.2, 0.25) is 0 Å². The second-order valence-corrected chi connectivity index (χ2v) is 4.90. The molecule has 0 amide bonds. The fourth-order valence-corrected chi connectivity index (χ4v) is 1.84. The van der Waals surface area contributed by atoms with E-state index >= 15 is 0 Å². The van der Waals surface area contributed by atoms with Crippen molar-refractivity contribution in [3.05, 3.63) is 30.2 Å². The minimum absolute atomic E-state index is 0. The lowest BCUT2D eigenvalue weighted by atomic mass is 10.2. The van der Waals surface area contributed by atoms with Crippen molar-refractivity contribution < 1.29 is 19.2 Å². The van der Waals surface area contributed by atoms with Crippen LogP contribution in [0.1, 0.15) is 19.7 Å². The maximum absolute atomic E-state index is 10.9. The first-order valence-electron chi connectivity index (χ1n) is 7.00. The molecule has 0 aliphatic rings. The number of aliphatic carboxylic acids is 1. The zero-order valence-electron chi connectivity index (χ0n) is 13.2. The number of likely N-dealkylation sites (N-methyl/N-ethyl adjacent to an activating group) is 1. The van der Waals surface area contributed by atoms with Gasteiger partial charge >= 0.3 is 5.97 Å². The van der Waals surface area contributed by atoms with Crippen molar-refractivity contribution in [3.8, 4) is 17.1 Å². The molecule has 0 radical (unpaired) electrons. The third kappa shape index (κ3) is 4.94. The maximum Gasteiger partial charge on any atom is 0.320 e. The fraction of sp³-hybridized carbons (Fsp3) is 0.400. The number of rotatable bonds is 7.